The number of amides is 3. The molecule has 1 N–H and O–H groups in total. The van der Waals surface area contributed by atoms with Gasteiger partial charge in [-0.05, 0) is 61.3 Å². The van der Waals surface area contributed by atoms with Crippen molar-refractivity contribution < 1.29 is 14.3 Å². The van der Waals surface area contributed by atoms with E-state index in [1.54, 1.807) is 24.1 Å². The number of halogens is 1. The lowest BCUT2D eigenvalue weighted by Crippen LogP contribution is -2.54. The van der Waals surface area contributed by atoms with Crippen LogP contribution in [0.3, 0.4) is 0 Å². The van der Waals surface area contributed by atoms with E-state index in [2.05, 4.69) is 22.3 Å². The molecule has 0 bridgehead atoms. The minimum atomic E-state index is -0.0723. The minimum absolute atomic E-state index is 0.0723. The van der Waals surface area contributed by atoms with Gasteiger partial charge in [-0.25, -0.2) is 4.79 Å². The number of nitrogens with zero attached hydrogens (tertiary/aromatic N) is 3. The van der Waals surface area contributed by atoms with Gasteiger partial charge >= 0.3 is 6.03 Å². The molecule has 2 fully saturated rings. The molecule has 2 heterocycles. The molecule has 1 unspecified atom stereocenters. The van der Waals surface area contributed by atoms with Gasteiger partial charge < -0.3 is 19.9 Å². The molecule has 1 atom stereocenters. The first-order chi connectivity index (χ1) is 16.5. The first kappa shape index (κ1) is 24.4. The van der Waals surface area contributed by atoms with Crippen LogP contribution in [0, 0.1) is 0 Å². The van der Waals surface area contributed by atoms with Gasteiger partial charge in [-0.1, -0.05) is 35.9 Å². The molecule has 0 aliphatic carbocycles. The van der Waals surface area contributed by atoms with E-state index in [1.165, 1.54) is 12.8 Å². The Morgan fingerprint density at radius 3 is 2.32 bits per heavy atom. The first-order valence-electron chi connectivity index (χ1n) is 12.0. The summed E-state index contributed by atoms with van der Waals surface area (Å²) < 4.78 is 5.41. The van der Waals surface area contributed by atoms with Crippen molar-refractivity contribution in [2.24, 2.45) is 0 Å². The standard InChI is InChI=1S/C26H33ClN4O3/c1-34-23-6-4-5-21(18-23)24(29-11-2-3-12-29)19-28-26(33)31-15-13-30(14-16-31)25(32)17-20-7-9-22(27)10-8-20/h4-10,18,24H,2-3,11-17,19H2,1H3,(H,28,33). The molecular formula is C26H33ClN4O3. The van der Waals surface area contributed by atoms with E-state index in [4.69, 9.17) is 16.3 Å². The maximum atomic E-state index is 12.9. The number of carbonyl (C=O) groups is 2. The summed E-state index contributed by atoms with van der Waals surface area (Å²) in [6.45, 7) is 4.77. The molecule has 7 nitrogen and oxygen atoms in total. The fourth-order valence-electron chi connectivity index (χ4n) is 4.70. The van der Waals surface area contributed by atoms with E-state index in [9.17, 15) is 9.59 Å². The summed E-state index contributed by atoms with van der Waals surface area (Å²) in [5, 5.41) is 3.80. The third-order valence-corrected chi connectivity index (χ3v) is 6.95. The van der Waals surface area contributed by atoms with E-state index in [0.717, 1.165) is 30.0 Å². The van der Waals surface area contributed by atoms with Crippen LogP contribution < -0.4 is 10.1 Å². The Kier molecular flexibility index (Phi) is 8.29. The number of ether oxygens (including phenoxy) is 1. The van der Waals surface area contributed by atoms with Crippen molar-refractivity contribution >= 4 is 23.5 Å². The van der Waals surface area contributed by atoms with E-state index in [0.29, 0.717) is 44.2 Å². The smallest absolute Gasteiger partial charge is 0.317 e. The third kappa shape index (κ3) is 6.21. The van der Waals surface area contributed by atoms with Crippen LogP contribution in [0.1, 0.15) is 30.0 Å². The van der Waals surface area contributed by atoms with Crippen molar-refractivity contribution in [3.8, 4) is 5.75 Å². The lowest BCUT2D eigenvalue weighted by atomic mass is 10.1. The molecule has 34 heavy (non-hydrogen) atoms. The molecular weight excluding hydrogens is 452 g/mol. The number of piperazine rings is 1. The number of benzene rings is 2. The van der Waals surface area contributed by atoms with Crippen molar-refractivity contribution in [1.82, 2.24) is 20.0 Å². The third-order valence-electron chi connectivity index (χ3n) is 6.69. The molecule has 182 valence electrons. The summed E-state index contributed by atoms with van der Waals surface area (Å²) in [6.07, 6.45) is 2.71. The Morgan fingerprint density at radius 2 is 1.65 bits per heavy atom. The highest BCUT2D eigenvalue weighted by Crippen LogP contribution is 2.27. The molecule has 2 aromatic carbocycles. The van der Waals surface area contributed by atoms with Gasteiger partial charge in [0.2, 0.25) is 5.91 Å². The number of methoxy groups -OCH3 is 1. The second kappa shape index (κ2) is 11.6. The number of urea groups is 1. The Bertz CT molecular complexity index is 970. The molecule has 0 aromatic heterocycles. The summed E-state index contributed by atoms with van der Waals surface area (Å²) >= 11 is 5.93. The highest BCUT2D eigenvalue weighted by Gasteiger charge is 2.27. The number of nitrogens with one attached hydrogen (secondary N) is 1. The number of hydrogen-bond acceptors (Lipinski definition) is 4. The Morgan fingerprint density at radius 1 is 0.971 bits per heavy atom. The van der Waals surface area contributed by atoms with Gasteiger partial charge in [0.25, 0.3) is 0 Å². The van der Waals surface area contributed by atoms with E-state index in [1.807, 2.05) is 29.2 Å². The fourth-order valence-corrected chi connectivity index (χ4v) is 4.83. The first-order valence-corrected chi connectivity index (χ1v) is 12.3. The van der Waals surface area contributed by atoms with Crippen molar-refractivity contribution in [3.05, 3.63) is 64.7 Å². The molecule has 4 rings (SSSR count). The van der Waals surface area contributed by atoms with Crippen LogP contribution in [0.15, 0.2) is 48.5 Å². The highest BCUT2D eigenvalue weighted by atomic mass is 35.5. The average Bonchev–Trinajstić information content (AvgIpc) is 3.40. The molecule has 0 spiro atoms. The van der Waals surface area contributed by atoms with Crippen molar-refractivity contribution in [1.29, 1.82) is 0 Å². The normalized spacial score (nSPS) is 17.5. The largest absolute Gasteiger partial charge is 0.497 e. The van der Waals surface area contributed by atoms with E-state index < -0.39 is 0 Å². The van der Waals surface area contributed by atoms with Crippen LogP contribution in [0.5, 0.6) is 5.75 Å². The van der Waals surface area contributed by atoms with Gasteiger partial charge in [-0.3, -0.25) is 9.69 Å². The molecule has 3 amide bonds. The number of carbonyl (C=O) groups excluding carboxylic acids is 2. The molecule has 2 aliphatic heterocycles. The van der Waals surface area contributed by atoms with Crippen LogP contribution in [0.25, 0.3) is 0 Å². The number of rotatable bonds is 7. The summed E-state index contributed by atoms with van der Waals surface area (Å²) in [5.41, 5.74) is 2.10. The van der Waals surface area contributed by atoms with Crippen molar-refractivity contribution in [2.45, 2.75) is 25.3 Å². The number of hydrogen-bond donors (Lipinski definition) is 1. The molecule has 2 saturated heterocycles. The lowest BCUT2D eigenvalue weighted by Gasteiger charge is -2.35. The Hall–Kier alpha value is -2.77. The zero-order chi connectivity index (χ0) is 23.9. The second-order valence-corrected chi connectivity index (χ2v) is 9.33. The van der Waals surface area contributed by atoms with Gasteiger partial charge in [-0.2, -0.15) is 0 Å². The zero-order valence-electron chi connectivity index (χ0n) is 19.7. The quantitative estimate of drug-likeness (QED) is 0.652. The molecule has 8 heteroatoms. The maximum Gasteiger partial charge on any atom is 0.317 e. The van der Waals surface area contributed by atoms with Gasteiger partial charge in [0, 0.05) is 37.7 Å². The van der Waals surface area contributed by atoms with Gasteiger partial charge in [-0.15, -0.1) is 0 Å². The van der Waals surface area contributed by atoms with Gasteiger partial charge in [0.1, 0.15) is 5.75 Å². The van der Waals surface area contributed by atoms with Crippen LogP contribution >= 0.6 is 11.6 Å². The number of likely N-dealkylation sites (tertiary alicyclic amines) is 1. The van der Waals surface area contributed by atoms with Crippen LogP contribution in [-0.4, -0.2) is 79.6 Å². The summed E-state index contributed by atoms with van der Waals surface area (Å²) in [7, 11) is 1.67. The van der Waals surface area contributed by atoms with Crippen LogP contribution in [-0.2, 0) is 11.2 Å². The van der Waals surface area contributed by atoms with Crippen LogP contribution in [0.4, 0.5) is 4.79 Å². The maximum absolute atomic E-state index is 12.9. The summed E-state index contributed by atoms with van der Waals surface area (Å²) in [5.74, 6) is 0.905. The summed E-state index contributed by atoms with van der Waals surface area (Å²) in [4.78, 5) is 31.7. The van der Waals surface area contributed by atoms with Crippen molar-refractivity contribution in [2.75, 3.05) is 52.9 Å². The molecule has 2 aliphatic rings. The average molecular weight is 485 g/mol. The molecule has 0 saturated carbocycles. The highest BCUT2D eigenvalue weighted by molar-refractivity contribution is 6.30. The Labute approximate surface area is 206 Å². The van der Waals surface area contributed by atoms with E-state index in [-0.39, 0.29) is 18.0 Å². The fraction of sp³-hybridized carbons (Fsp3) is 0.462. The topological polar surface area (TPSA) is 65.1 Å². The SMILES string of the molecule is COc1cccc(C(CNC(=O)N2CCN(C(=O)Cc3ccc(Cl)cc3)CC2)N2CCCC2)c1. The van der Waals surface area contributed by atoms with E-state index >= 15 is 0 Å². The summed E-state index contributed by atoms with van der Waals surface area (Å²) in [6, 6.07) is 15.5. The zero-order valence-corrected chi connectivity index (χ0v) is 20.5. The lowest BCUT2D eigenvalue weighted by molar-refractivity contribution is -0.131. The van der Waals surface area contributed by atoms with Gasteiger partial charge in [0.15, 0.2) is 0 Å². The monoisotopic (exact) mass is 484 g/mol. The predicted molar refractivity (Wildman–Crippen MR) is 133 cm³/mol. The van der Waals surface area contributed by atoms with Gasteiger partial charge in [0.05, 0.1) is 19.6 Å². The van der Waals surface area contributed by atoms with Crippen LogP contribution in [0.2, 0.25) is 5.02 Å². The predicted octanol–water partition coefficient (Wildman–Crippen LogP) is 3.58. The molecule has 2 aromatic rings. The second-order valence-electron chi connectivity index (χ2n) is 8.89. The molecule has 0 radical (unpaired) electrons. The minimum Gasteiger partial charge on any atom is -0.497 e. The Balaban J connectivity index is 1.29. The van der Waals surface area contributed by atoms with Crippen molar-refractivity contribution in [3.63, 3.8) is 0 Å².